The second kappa shape index (κ2) is 8.67. The summed E-state index contributed by atoms with van der Waals surface area (Å²) >= 11 is 0. The van der Waals surface area contributed by atoms with Crippen molar-refractivity contribution in [2.24, 2.45) is 0 Å². The fraction of sp³-hybridized carbons (Fsp3) is 0.556. The van der Waals surface area contributed by atoms with E-state index in [0.717, 1.165) is 24.9 Å². The van der Waals surface area contributed by atoms with Gasteiger partial charge in [0.25, 0.3) is 0 Å². The summed E-state index contributed by atoms with van der Waals surface area (Å²) in [7, 11) is 0. The summed E-state index contributed by atoms with van der Waals surface area (Å²) in [6.45, 7) is 6.22. The SMILES string of the molecule is CCN[C@H](C)CNC(=O)C1CCCN1C(=O)Cc1ccccc1. The van der Waals surface area contributed by atoms with E-state index < -0.39 is 0 Å². The van der Waals surface area contributed by atoms with Crippen LogP contribution in [0.4, 0.5) is 0 Å². The largest absolute Gasteiger partial charge is 0.353 e. The number of carbonyl (C=O) groups excluding carboxylic acids is 2. The van der Waals surface area contributed by atoms with Crippen molar-refractivity contribution in [2.45, 2.75) is 45.2 Å². The molecule has 0 bridgehead atoms. The minimum Gasteiger partial charge on any atom is -0.353 e. The van der Waals surface area contributed by atoms with Gasteiger partial charge in [0.1, 0.15) is 6.04 Å². The van der Waals surface area contributed by atoms with E-state index in [2.05, 4.69) is 10.6 Å². The lowest BCUT2D eigenvalue weighted by molar-refractivity contribution is -0.138. The third-order valence-electron chi connectivity index (χ3n) is 4.21. The molecule has 1 aromatic rings. The van der Waals surface area contributed by atoms with Gasteiger partial charge in [0.15, 0.2) is 0 Å². The molecule has 0 aromatic heterocycles. The van der Waals surface area contributed by atoms with Gasteiger partial charge in [0, 0.05) is 19.1 Å². The summed E-state index contributed by atoms with van der Waals surface area (Å²) in [5, 5.41) is 6.23. The lowest BCUT2D eigenvalue weighted by Gasteiger charge is -2.25. The van der Waals surface area contributed by atoms with E-state index in [9.17, 15) is 9.59 Å². The van der Waals surface area contributed by atoms with Crippen LogP contribution < -0.4 is 10.6 Å². The van der Waals surface area contributed by atoms with Gasteiger partial charge in [-0.25, -0.2) is 0 Å². The van der Waals surface area contributed by atoms with Gasteiger partial charge in [-0.2, -0.15) is 0 Å². The van der Waals surface area contributed by atoms with Crippen molar-refractivity contribution >= 4 is 11.8 Å². The fourth-order valence-corrected chi connectivity index (χ4v) is 3.00. The smallest absolute Gasteiger partial charge is 0.242 e. The zero-order valence-corrected chi connectivity index (χ0v) is 14.0. The highest BCUT2D eigenvalue weighted by Crippen LogP contribution is 2.19. The van der Waals surface area contributed by atoms with Crippen LogP contribution in [0.25, 0.3) is 0 Å². The minimum atomic E-state index is -0.319. The summed E-state index contributed by atoms with van der Waals surface area (Å²) in [4.78, 5) is 26.6. The zero-order valence-electron chi connectivity index (χ0n) is 14.0. The Balaban J connectivity index is 1.88. The molecular weight excluding hydrogens is 290 g/mol. The van der Waals surface area contributed by atoms with Gasteiger partial charge < -0.3 is 15.5 Å². The number of likely N-dealkylation sites (N-methyl/N-ethyl adjacent to an activating group) is 1. The zero-order chi connectivity index (χ0) is 16.7. The molecule has 0 aliphatic carbocycles. The highest BCUT2D eigenvalue weighted by atomic mass is 16.2. The number of likely N-dealkylation sites (tertiary alicyclic amines) is 1. The molecule has 0 radical (unpaired) electrons. The molecule has 126 valence electrons. The first-order valence-electron chi connectivity index (χ1n) is 8.46. The molecule has 5 heteroatoms. The fourth-order valence-electron chi connectivity index (χ4n) is 3.00. The van der Waals surface area contributed by atoms with Crippen molar-refractivity contribution in [1.82, 2.24) is 15.5 Å². The Hall–Kier alpha value is -1.88. The van der Waals surface area contributed by atoms with Crippen molar-refractivity contribution in [1.29, 1.82) is 0 Å². The van der Waals surface area contributed by atoms with E-state index in [-0.39, 0.29) is 23.9 Å². The molecule has 1 heterocycles. The van der Waals surface area contributed by atoms with Gasteiger partial charge >= 0.3 is 0 Å². The molecule has 1 fully saturated rings. The van der Waals surface area contributed by atoms with Crippen LogP contribution in [0.1, 0.15) is 32.3 Å². The van der Waals surface area contributed by atoms with Gasteiger partial charge in [-0.15, -0.1) is 0 Å². The van der Waals surface area contributed by atoms with E-state index >= 15 is 0 Å². The van der Waals surface area contributed by atoms with Crippen LogP contribution in [0.5, 0.6) is 0 Å². The Kier molecular flexibility index (Phi) is 6.59. The Bertz CT molecular complexity index is 518. The van der Waals surface area contributed by atoms with Gasteiger partial charge in [-0.05, 0) is 31.9 Å². The molecule has 2 N–H and O–H groups in total. The number of nitrogens with one attached hydrogen (secondary N) is 2. The van der Waals surface area contributed by atoms with Crippen molar-refractivity contribution in [3.8, 4) is 0 Å². The van der Waals surface area contributed by atoms with Crippen LogP contribution in [-0.2, 0) is 16.0 Å². The average Bonchev–Trinajstić information content (AvgIpc) is 3.03. The van der Waals surface area contributed by atoms with E-state index in [1.807, 2.05) is 44.2 Å². The van der Waals surface area contributed by atoms with Crippen molar-refractivity contribution in [2.75, 3.05) is 19.6 Å². The third kappa shape index (κ3) is 5.06. The molecule has 1 unspecified atom stereocenters. The maximum Gasteiger partial charge on any atom is 0.242 e. The first-order valence-corrected chi connectivity index (χ1v) is 8.46. The normalized spacial score (nSPS) is 18.7. The summed E-state index contributed by atoms with van der Waals surface area (Å²) in [5.41, 5.74) is 0.990. The number of amides is 2. The number of nitrogens with zero attached hydrogens (tertiary/aromatic N) is 1. The lowest BCUT2D eigenvalue weighted by Crippen LogP contribution is -2.49. The molecule has 2 atom stereocenters. The molecule has 23 heavy (non-hydrogen) atoms. The van der Waals surface area contributed by atoms with Crippen molar-refractivity contribution < 1.29 is 9.59 Å². The molecule has 1 aliphatic rings. The summed E-state index contributed by atoms with van der Waals surface area (Å²) < 4.78 is 0. The number of hydrogen-bond donors (Lipinski definition) is 2. The maximum absolute atomic E-state index is 12.5. The predicted octanol–water partition coefficient (Wildman–Crippen LogP) is 1.33. The Morgan fingerprint density at radius 2 is 2.04 bits per heavy atom. The van der Waals surface area contributed by atoms with E-state index in [1.54, 1.807) is 4.90 Å². The lowest BCUT2D eigenvalue weighted by atomic mass is 10.1. The van der Waals surface area contributed by atoms with Crippen LogP contribution in [-0.4, -0.2) is 48.4 Å². The van der Waals surface area contributed by atoms with E-state index in [0.29, 0.717) is 19.5 Å². The number of rotatable bonds is 7. The predicted molar refractivity (Wildman–Crippen MR) is 91.0 cm³/mol. The summed E-state index contributed by atoms with van der Waals surface area (Å²) in [6.07, 6.45) is 2.00. The monoisotopic (exact) mass is 317 g/mol. The van der Waals surface area contributed by atoms with Crippen LogP contribution in [0.2, 0.25) is 0 Å². The van der Waals surface area contributed by atoms with Gasteiger partial charge in [0.2, 0.25) is 11.8 Å². The molecule has 2 amide bonds. The van der Waals surface area contributed by atoms with E-state index in [4.69, 9.17) is 0 Å². The summed E-state index contributed by atoms with van der Waals surface area (Å²) in [6, 6.07) is 9.60. The minimum absolute atomic E-state index is 0.0336. The Labute approximate surface area is 138 Å². The second-order valence-electron chi connectivity index (χ2n) is 6.11. The molecule has 0 spiro atoms. The Morgan fingerprint density at radius 1 is 1.30 bits per heavy atom. The van der Waals surface area contributed by atoms with Gasteiger partial charge in [-0.1, -0.05) is 37.3 Å². The third-order valence-corrected chi connectivity index (χ3v) is 4.21. The second-order valence-corrected chi connectivity index (χ2v) is 6.11. The van der Waals surface area contributed by atoms with Crippen molar-refractivity contribution in [3.05, 3.63) is 35.9 Å². The molecule has 1 aromatic carbocycles. The van der Waals surface area contributed by atoms with Gasteiger partial charge in [0.05, 0.1) is 6.42 Å². The Morgan fingerprint density at radius 3 is 2.74 bits per heavy atom. The van der Waals surface area contributed by atoms with Crippen molar-refractivity contribution in [3.63, 3.8) is 0 Å². The first kappa shape index (κ1) is 17.5. The quantitative estimate of drug-likeness (QED) is 0.798. The first-order chi connectivity index (χ1) is 11.1. The average molecular weight is 317 g/mol. The molecule has 2 rings (SSSR count). The highest BCUT2D eigenvalue weighted by Gasteiger charge is 2.33. The van der Waals surface area contributed by atoms with Crippen LogP contribution >= 0.6 is 0 Å². The molecule has 1 aliphatic heterocycles. The maximum atomic E-state index is 12.5. The highest BCUT2D eigenvalue weighted by molar-refractivity contribution is 5.89. The standard InChI is InChI=1S/C18H27N3O2/c1-3-19-14(2)13-20-18(23)16-10-7-11-21(16)17(22)12-15-8-5-4-6-9-15/h4-6,8-9,14,16,19H,3,7,10-13H2,1-2H3,(H,20,23)/t14-,16?/m1/s1. The summed E-state index contributed by atoms with van der Waals surface area (Å²) in [5.74, 6) is 0.00208. The number of benzene rings is 1. The molecule has 5 nitrogen and oxygen atoms in total. The number of hydrogen-bond acceptors (Lipinski definition) is 3. The van der Waals surface area contributed by atoms with E-state index in [1.165, 1.54) is 0 Å². The topological polar surface area (TPSA) is 61.4 Å². The molecule has 1 saturated heterocycles. The molecule has 0 saturated carbocycles. The van der Waals surface area contributed by atoms with Crippen LogP contribution in [0.3, 0.4) is 0 Å². The van der Waals surface area contributed by atoms with Gasteiger partial charge in [-0.3, -0.25) is 9.59 Å². The van der Waals surface area contributed by atoms with Crippen LogP contribution in [0, 0.1) is 0 Å². The molecular formula is C18H27N3O2. The number of carbonyl (C=O) groups is 2. The van der Waals surface area contributed by atoms with Crippen LogP contribution in [0.15, 0.2) is 30.3 Å².